The van der Waals surface area contributed by atoms with Gasteiger partial charge in [0.2, 0.25) is 0 Å². The fourth-order valence-corrected chi connectivity index (χ4v) is 4.16. The van der Waals surface area contributed by atoms with Crippen molar-refractivity contribution in [2.24, 2.45) is 4.99 Å². The highest BCUT2D eigenvalue weighted by Crippen LogP contribution is 2.24. The molecule has 2 N–H and O–H groups in total. The number of aliphatic imine (C=N–C) groups is 1. The van der Waals surface area contributed by atoms with E-state index in [2.05, 4.69) is 30.2 Å². The number of pyridine rings is 1. The molecule has 5 rings (SSSR count). The van der Waals surface area contributed by atoms with Crippen LogP contribution in [0.1, 0.15) is 10.4 Å². The van der Waals surface area contributed by atoms with Crippen LogP contribution in [-0.2, 0) is 4.74 Å². The van der Waals surface area contributed by atoms with Crippen molar-refractivity contribution >= 4 is 39.7 Å². The van der Waals surface area contributed by atoms with Crippen LogP contribution in [0, 0.1) is 0 Å². The number of imidazole rings is 1. The van der Waals surface area contributed by atoms with E-state index in [0.29, 0.717) is 22.1 Å². The second-order valence-electron chi connectivity index (χ2n) is 6.78. The second-order valence-corrected chi connectivity index (χ2v) is 7.86. The Labute approximate surface area is 171 Å². The minimum Gasteiger partial charge on any atom is -0.378 e. The number of aromatic nitrogens is 3. The fourth-order valence-electron chi connectivity index (χ4n) is 3.43. The first-order chi connectivity index (χ1) is 14.3. The molecule has 0 radical (unpaired) electrons. The summed E-state index contributed by atoms with van der Waals surface area (Å²) in [5.74, 6) is 2.33. The van der Waals surface area contributed by atoms with Gasteiger partial charge in [0, 0.05) is 30.6 Å². The van der Waals surface area contributed by atoms with Crippen LogP contribution in [0.3, 0.4) is 0 Å². The Balaban J connectivity index is 1.41. The number of thioether (sulfide) groups is 1. The molecule has 1 amide bonds. The van der Waals surface area contributed by atoms with Crippen molar-refractivity contribution in [2.75, 3.05) is 43.5 Å². The van der Waals surface area contributed by atoms with Crippen LogP contribution in [0.25, 0.3) is 22.4 Å². The number of nitrogens with zero attached hydrogens (tertiary/aromatic N) is 4. The van der Waals surface area contributed by atoms with E-state index in [1.165, 1.54) is 0 Å². The number of ether oxygens (including phenoxy) is 1. The molecule has 0 bridgehead atoms. The Hall–Kier alpha value is -2.91. The maximum Gasteiger partial charge on any atom is 0.259 e. The zero-order valence-electron chi connectivity index (χ0n) is 15.7. The molecule has 2 aliphatic rings. The molecule has 8 nitrogen and oxygen atoms in total. The lowest BCUT2D eigenvalue weighted by molar-refractivity contribution is 0.0979. The summed E-state index contributed by atoms with van der Waals surface area (Å²) in [6.07, 6.45) is 1.81. The number of amides is 1. The first-order valence-corrected chi connectivity index (χ1v) is 10.5. The third kappa shape index (κ3) is 3.70. The van der Waals surface area contributed by atoms with Gasteiger partial charge in [0.15, 0.2) is 5.17 Å². The fraction of sp³-hybridized carbons (Fsp3) is 0.300. The lowest BCUT2D eigenvalue weighted by Gasteiger charge is -2.27. The standard InChI is InChI=1S/C20H20N6O2S/c27-19(25-20-21-6-11-29-20)14-2-1-3-15-17(14)24-18(23-15)13-4-5-16(22-12-13)26-7-9-28-10-8-26/h1-5,12H,6-11H2,(H,23,24)(H,21,25,27). The molecule has 0 saturated carbocycles. The summed E-state index contributed by atoms with van der Waals surface area (Å²) in [6, 6.07) is 9.54. The number of anilines is 1. The number of para-hydroxylation sites is 1. The maximum atomic E-state index is 12.7. The van der Waals surface area contributed by atoms with Crippen molar-refractivity contribution < 1.29 is 9.53 Å². The molecule has 0 atom stereocenters. The number of hydrogen-bond donors (Lipinski definition) is 2. The predicted molar refractivity (Wildman–Crippen MR) is 115 cm³/mol. The van der Waals surface area contributed by atoms with E-state index >= 15 is 0 Å². The number of rotatable bonds is 3. The molecule has 2 aromatic heterocycles. The molecule has 1 aromatic carbocycles. The quantitative estimate of drug-likeness (QED) is 0.690. The van der Waals surface area contributed by atoms with Crippen molar-refractivity contribution in [3.8, 4) is 11.4 Å². The molecule has 1 fully saturated rings. The molecule has 0 aliphatic carbocycles. The van der Waals surface area contributed by atoms with Gasteiger partial charge in [-0.3, -0.25) is 9.79 Å². The first-order valence-electron chi connectivity index (χ1n) is 9.54. The van der Waals surface area contributed by atoms with Crippen molar-refractivity contribution in [1.29, 1.82) is 0 Å². The highest BCUT2D eigenvalue weighted by Gasteiger charge is 2.18. The molecule has 148 valence electrons. The topological polar surface area (TPSA) is 95.5 Å². The first kappa shape index (κ1) is 18.1. The Bertz CT molecular complexity index is 1070. The molecular formula is C20H20N6O2S. The Morgan fingerprint density at radius 3 is 2.86 bits per heavy atom. The summed E-state index contributed by atoms with van der Waals surface area (Å²) in [5, 5.41) is 3.54. The monoisotopic (exact) mass is 408 g/mol. The number of hydrogen-bond acceptors (Lipinski definition) is 7. The molecule has 4 heterocycles. The van der Waals surface area contributed by atoms with Gasteiger partial charge >= 0.3 is 0 Å². The molecule has 3 aromatic rings. The van der Waals surface area contributed by atoms with Gasteiger partial charge in [-0.2, -0.15) is 0 Å². The van der Waals surface area contributed by atoms with E-state index in [-0.39, 0.29) is 5.91 Å². The van der Waals surface area contributed by atoms with Crippen LogP contribution in [0.5, 0.6) is 0 Å². The predicted octanol–water partition coefficient (Wildman–Crippen LogP) is 2.29. The minimum atomic E-state index is -0.192. The number of carbonyl (C=O) groups excluding carboxylic acids is 1. The van der Waals surface area contributed by atoms with E-state index < -0.39 is 0 Å². The van der Waals surface area contributed by atoms with Gasteiger partial charge in [-0.1, -0.05) is 17.8 Å². The lowest BCUT2D eigenvalue weighted by atomic mass is 10.2. The van der Waals surface area contributed by atoms with Crippen LogP contribution in [0.15, 0.2) is 41.5 Å². The number of carbonyl (C=O) groups is 1. The van der Waals surface area contributed by atoms with Crippen molar-refractivity contribution in [1.82, 2.24) is 20.3 Å². The third-order valence-electron chi connectivity index (χ3n) is 4.92. The number of H-pyrrole nitrogens is 1. The van der Waals surface area contributed by atoms with Crippen LogP contribution in [0.2, 0.25) is 0 Å². The smallest absolute Gasteiger partial charge is 0.259 e. The average Bonchev–Trinajstić information content (AvgIpc) is 3.44. The lowest BCUT2D eigenvalue weighted by Crippen LogP contribution is -2.36. The minimum absolute atomic E-state index is 0.192. The van der Waals surface area contributed by atoms with Gasteiger partial charge in [-0.05, 0) is 24.3 Å². The van der Waals surface area contributed by atoms with E-state index in [9.17, 15) is 4.79 Å². The van der Waals surface area contributed by atoms with Crippen LogP contribution in [-0.4, -0.2) is 64.6 Å². The molecule has 29 heavy (non-hydrogen) atoms. The number of morpholine rings is 1. The molecule has 1 saturated heterocycles. The maximum absolute atomic E-state index is 12.7. The van der Waals surface area contributed by atoms with Gasteiger partial charge in [0.1, 0.15) is 17.2 Å². The van der Waals surface area contributed by atoms with E-state index in [1.54, 1.807) is 17.8 Å². The Kier molecular flexibility index (Phi) is 4.91. The summed E-state index contributed by atoms with van der Waals surface area (Å²) in [4.78, 5) is 31.8. The Morgan fingerprint density at radius 1 is 1.21 bits per heavy atom. The number of fused-ring (bicyclic) bond motifs is 1. The normalized spacial score (nSPS) is 16.8. The van der Waals surface area contributed by atoms with Gasteiger partial charge in [0.25, 0.3) is 5.91 Å². The van der Waals surface area contributed by atoms with Gasteiger partial charge in [-0.15, -0.1) is 0 Å². The van der Waals surface area contributed by atoms with Gasteiger partial charge in [-0.25, -0.2) is 9.97 Å². The summed E-state index contributed by atoms with van der Waals surface area (Å²) < 4.78 is 5.39. The SMILES string of the molecule is O=C(NC1=NCCS1)c1cccc2[nH]c(-c3ccc(N4CCOCC4)nc3)nc12. The second kappa shape index (κ2) is 7.84. The van der Waals surface area contributed by atoms with E-state index in [0.717, 1.165) is 55.5 Å². The number of amidine groups is 1. The zero-order chi connectivity index (χ0) is 19.6. The number of aromatic amines is 1. The summed E-state index contributed by atoms with van der Waals surface area (Å²) >= 11 is 1.56. The summed E-state index contributed by atoms with van der Waals surface area (Å²) in [7, 11) is 0. The summed E-state index contributed by atoms with van der Waals surface area (Å²) in [5.41, 5.74) is 2.85. The van der Waals surface area contributed by atoms with Crippen LogP contribution < -0.4 is 10.2 Å². The van der Waals surface area contributed by atoms with Crippen LogP contribution in [0.4, 0.5) is 5.82 Å². The van der Waals surface area contributed by atoms with Gasteiger partial charge < -0.3 is 19.9 Å². The van der Waals surface area contributed by atoms with E-state index in [1.807, 2.05) is 30.5 Å². The van der Waals surface area contributed by atoms with Crippen molar-refractivity contribution in [2.45, 2.75) is 0 Å². The molecule has 0 unspecified atom stereocenters. The summed E-state index contributed by atoms with van der Waals surface area (Å²) in [6.45, 7) is 3.88. The molecule has 2 aliphatic heterocycles. The highest BCUT2D eigenvalue weighted by molar-refractivity contribution is 8.14. The Morgan fingerprint density at radius 2 is 2.10 bits per heavy atom. The number of benzene rings is 1. The molecule has 0 spiro atoms. The van der Waals surface area contributed by atoms with Crippen molar-refractivity contribution in [3.63, 3.8) is 0 Å². The zero-order valence-corrected chi connectivity index (χ0v) is 16.5. The van der Waals surface area contributed by atoms with Gasteiger partial charge in [0.05, 0.1) is 30.8 Å². The molecular weight excluding hydrogens is 388 g/mol. The van der Waals surface area contributed by atoms with E-state index in [4.69, 9.17) is 4.74 Å². The third-order valence-corrected chi connectivity index (χ3v) is 5.81. The number of nitrogens with one attached hydrogen (secondary N) is 2. The van der Waals surface area contributed by atoms with Crippen LogP contribution >= 0.6 is 11.8 Å². The average molecular weight is 408 g/mol. The highest BCUT2D eigenvalue weighted by atomic mass is 32.2. The van der Waals surface area contributed by atoms with Crippen molar-refractivity contribution in [3.05, 3.63) is 42.1 Å². The molecule has 9 heteroatoms. The largest absolute Gasteiger partial charge is 0.378 e.